The summed E-state index contributed by atoms with van der Waals surface area (Å²) in [6, 6.07) is 5.23. The van der Waals surface area contributed by atoms with Gasteiger partial charge >= 0.3 is 17.8 Å². The zero-order valence-electron chi connectivity index (χ0n) is 20.1. The normalized spacial score (nSPS) is 12.8. The highest BCUT2D eigenvalue weighted by molar-refractivity contribution is 7.15. The third kappa shape index (κ3) is 7.14. The van der Waals surface area contributed by atoms with E-state index in [2.05, 4.69) is 10.4 Å². The number of carboxylic acid groups (broad SMARTS) is 1. The molecule has 0 spiro atoms. The number of nitrogens with two attached hydrogens (primary N) is 1. The molecule has 0 saturated heterocycles. The van der Waals surface area contributed by atoms with Crippen LogP contribution >= 0.6 is 11.3 Å². The van der Waals surface area contributed by atoms with Gasteiger partial charge in [0, 0.05) is 29.1 Å². The molecule has 0 saturated carbocycles. The summed E-state index contributed by atoms with van der Waals surface area (Å²) >= 11 is 1.20. The van der Waals surface area contributed by atoms with Gasteiger partial charge in [-0.05, 0) is 48.2 Å². The Balaban J connectivity index is 0.000000532. The maximum absolute atomic E-state index is 14.7. The van der Waals surface area contributed by atoms with Crippen molar-refractivity contribution in [3.63, 3.8) is 0 Å². The molecule has 1 aromatic carbocycles. The molecule has 0 atom stereocenters. The number of alkyl halides is 3. The number of rotatable bonds is 6. The lowest BCUT2D eigenvalue weighted by molar-refractivity contribution is -0.192. The fraction of sp³-hybridized carbons (Fsp3) is 0.304. The van der Waals surface area contributed by atoms with Crippen LogP contribution in [0.15, 0.2) is 41.0 Å². The molecule has 3 heterocycles. The molecule has 0 aliphatic carbocycles. The van der Waals surface area contributed by atoms with Crippen LogP contribution in [0.3, 0.4) is 0 Å². The number of aromatic nitrogens is 3. The predicted molar refractivity (Wildman–Crippen MR) is 129 cm³/mol. The Bertz CT molecular complexity index is 1490. The minimum atomic E-state index is -5.08. The standard InChI is InChI=1S/C21H20F3N5O2S.C2HF3O2/c1-11-4-13(5-12-2-3-18(30)27-19(11)12)16-6-15(22)17(32-16)9-28-10-26-29(21(28)31)8-14(7-25)20(23)24;3-2(4,5)1(6)7/h4-6,10H,2-3,7-9,25H2,1H3,(H,27,30);(H,6,7). The number of fused-ring (bicyclic) bond motifs is 1. The molecule has 9 nitrogen and oxygen atoms in total. The molecule has 4 N–H and O–H groups in total. The first kappa shape index (κ1) is 29.6. The second-order valence-electron chi connectivity index (χ2n) is 8.33. The third-order valence-corrected chi connectivity index (χ3v) is 6.70. The molecular weight excluding hydrogens is 556 g/mol. The summed E-state index contributed by atoms with van der Waals surface area (Å²) in [6.45, 7) is 0.994. The summed E-state index contributed by atoms with van der Waals surface area (Å²) in [5.41, 5.74) is 7.78. The van der Waals surface area contributed by atoms with Gasteiger partial charge in [-0.2, -0.15) is 27.1 Å². The third-order valence-electron chi connectivity index (χ3n) is 5.55. The number of carboxylic acids is 1. The summed E-state index contributed by atoms with van der Waals surface area (Å²) in [5, 5.41) is 13.8. The molecule has 4 rings (SSSR count). The number of nitrogens with one attached hydrogen (secondary N) is 1. The molecular formula is C23H21F6N5O4S. The van der Waals surface area contributed by atoms with E-state index in [1.165, 1.54) is 23.7 Å². The maximum atomic E-state index is 14.7. The number of anilines is 1. The van der Waals surface area contributed by atoms with Crippen molar-refractivity contribution in [1.29, 1.82) is 0 Å². The van der Waals surface area contributed by atoms with Gasteiger partial charge in [0.15, 0.2) is 0 Å². The van der Waals surface area contributed by atoms with E-state index in [0.29, 0.717) is 22.6 Å². The largest absolute Gasteiger partial charge is 0.490 e. The van der Waals surface area contributed by atoms with E-state index < -0.39 is 42.8 Å². The first-order chi connectivity index (χ1) is 18.2. The minimum Gasteiger partial charge on any atom is -0.475 e. The van der Waals surface area contributed by atoms with Gasteiger partial charge in [0.2, 0.25) is 5.91 Å². The van der Waals surface area contributed by atoms with Crippen molar-refractivity contribution < 1.29 is 41.0 Å². The number of nitrogens with zero attached hydrogens (tertiary/aromatic N) is 3. The van der Waals surface area contributed by atoms with Crippen LogP contribution in [0.5, 0.6) is 0 Å². The molecule has 1 aliphatic heterocycles. The molecule has 0 radical (unpaired) electrons. The van der Waals surface area contributed by atoms with E-state index in [4.69, 9.17) is 15.6 Å². The van der Waals surface area contributed by atoms with E-state index in [1.807, 2.05) is 19.1 Å². The minimum absolute atomic E-state index is 0.0212. The lowest BCUT2D eigenvalue weighted by Gasteiger charge is -2.20. The maximum Gasteiger partial charge on any atom is 0.490 e. The van der Waals surface area contributed by atoms with E-state index >= 15 is 0 Å². The lowest BCUT2D eigenvalue weighted by atomic mass is 9.96. The van der Waals surface area contributed by atoms with E-state index in [9.17, 15) is 35.9 Å². The fourth-order valence-electron chi connectivity index (χ4n) is 3.61. The molecule has 1 aliphatic rings. The second-order valence-corrected chi connectivity index (χ2v) is 9.46. The number of benzene rings is 1. The van der Waals surface area contributed by atoms with Crippen molar-refractivity contribution in [2.24, 2.45) is 5.73 Å². The summed E-state index contributed by atoms with van der Waals surface area (Å²) < 4.78 is 74.1. The predicted octanol–water partition coefficient (Wildman–Crippen LogP) is 3.90. The Morgan fingerprint density at radius 3 is 2.46 bits per heavy atom. The van der Waals surface area contributed by atoms with Gasteiger partial charge in [0.25, 0.3) is 6.08 Å². The highest BCUT2D eigenvalue weighted by Gasteiger charge is 2.38. The van der Waals surface area contributed by atoms with Gasteiger partial charge in [0.1, 0.15) is 12.1 Å². The number of halogens is 6. The SMILES string of the molecule is Cc1cc(-c2cc(F)c(Cn3cnn(CC(CN)=C(F)F)c3=O)s2)cc2c1NC(=O)CC2.O=C(O)C(F)(F)F. The highest BCUT2D eigenvalue weighted by atomic mass is 32.1. The highest BCUT2D eigenvalue weighted by Crippen LogP contribution is 2.36. The van der Waals surface area contributed by atoms with Crippen LogP contribution in [0.25, 0.3) is 10.4 Å². The number of carbonyl (C=O) groups is 2. The Labute approximate surface area is 220 Å². The van der Waals surface area contributed by atoms with Crippen molar-refractivity contribution in [1.82, 2.24) is 14.3 Å². The molecule has 0 bridgehead atoms. The first-order valence-electron chi connectivity index (χ1n) is 11.1. The summed E-state index contributed by atoms with van der Waals surface area (Å²) in [5.74, 6) is -3.25. The zero-order valence-corrected chi connectivity index (χ0v) is 20.9. The van der Waals surface area contributed by atoms with Gasteiger partial charge in [-0.15, -0.1) is 11.3 Å². The van der Waals surface area contributed by atoms with Crippen molar-refractivity contribution in [3.05, 3.63) is 68.5 Å². The number of aliphatic carboxylic acids is 1. The van der Waals surface area contributed by atoms with Gasteiger partial charge in [-0.3, -0.25) is 9.36 Å². The molecule has 39 heavy (non-hydrogen) atoms. The lowest BCUT2D eigenvalue weighted by Crippen LogP contribution is -2.27. The van der Waals surface area contributed by atoms with E-state index in [-0.39, 0.29) is 18.0 Å². The Morgan fingerprint density at radius 2 is 1.87 bits per heavy atom. The molecule has 2 aromatic heterocycles. The number of hydrogen-bond acceptors (Lipinski definition) is 6. The number of thiophene rings is 1. The number of hydrogen-bond donors (Lipinski definition) is 3. The average Bonchev–Trinajstić information content (AvgIpc) is 3.39. The second kappa shape index (κ2) is 11.9. The summed E-state index contributed by atoms with van der Waals surface area (Å²) in [6.07, 6.45) is -4.82. The topological polar surface area (TPSA) is 132 Å². The summed E-state index contributed by atoms with van der Waals surface area (Å²) in [7, 11) is 0. The van der Waals surface area contributed by atoms with Crippen LogP contribution in [0.4, 0.5) is 32.0 Å². The van der Waals surface area contributed by atoms with E-state index in [1.54, 1.807) is 0 Å². The molecule has 16 heteroatoms. The fourth-order valence-corrected chi connectivity index (χ4v) is 4.63. The molecule has 1 amide bonds. The van der Waals surface area contributed by atoms with Crippen LogP contribution in [-0.2, 0) is 29.1 Å². The molecule has 210 valence electrons. The van der Waals surface area contributed by atoms with Crippen molar-refractivity contribution >= 4 is 28.9 Å². The van der Waals surface area contributed by atoms with Crippen LogP contribution in [-0.4, -0.2) is 44.1 Å². The number of amides is 1. The summed E-state index contributed by atoms with van der Waals surface area (Å²) in [4.78, 5) is 34.0. The van der Waals surface area contributed by atoms with Crippen LogP contribution < -0.4 is 16.7 Å². The van der Waals surface area contributed by atoms with Gasteiger partial charge in [-0.1, -0.05) is 0 Å². The van der Waals surface area contributed by atoms with Crippen molar-refractivity contribution in [3.8, 4) is 10.4 Å². The number of carbonyl (C=O) groups excluding carboxylic acids is 1. The monoisotopic (exact) mass is 577 g/mol. The molecule has 0 unspecified atom stereocenters. The van der Waals surface area contributed by atoms with Crippen LogP contribution in [0.1, 0.15) is 22.4 Å². The van der Waals surface area contributed by atoms with Gasteiger partial charge in [-0.25, -0.2) is 18.7 Å². The van der Waals surface area contributed by atoms with Crippen LogP contribution in [0.2, 0.25) is 0 Å². The number of aryl methyl sites for hydroxylation is 2. The Kier molecular flexibility index (Phi) is 9.01. The van der Waals surface area contributed by atoms with Crippen LogP contribution in [0, 0.1) is 12.7 Å². The van der Waals surface area contributed by atoms with Gasteiger partial charge in [0.05, 0.1) is 18.0 Å². The first-order valence-corrected chi connectivity index (χ1v) is 11.9. The molecule has 0 fully saturated rings. The average molecular weight is 578 g/mol. The Morgan fingerprint density at radius 1 is 1.21 bits per heavy atom. The Hall–Kier alpha value is -3.92. The van der Waals surface area contributed by atoms with E-state index in [0.717, 1.165) is 31.6 Å². The molecule has 3 aromatic rings. The quantitative estimate of drug-likeness (QED) is 0.381. The smallest absolute Gasteiger partial charge is 0.475 e. The van der Waals surface area contributed by atoms with Gasteiger partial charge < -0.3 is 16.2 Å². The zero-order chi connectivity index (χ0) is 29.1. The van der Waals surface area contributed by atoms with Crippen molar-refractivity contribution in [2.75, 3.05) is 11.9 Å². The van der Waals surface area contributed by atoms with Crippen molar-refractivity contribution in [2.45, 2.75) is 39.0 Å².